The minimum Gasteiger partial charge on any atom is -0.357 e. The van der Waals surface area contributed by atoms with Crippen molar-refractivity contribution in [1.82, 2.24) is 4.57 Å². The molecule has 12 heavy (non-hydrogen) atoms. The zero-order chi connectivity index (χ0) is 8.81. The summed E-state index contributed by atoms with van der Waals surface area (Å²) in [4.78, 5) is 0. The Bertz CT molecular complexity index is 268. The van der Waals surface area contributed by atoms with Crippen LogP contribution in [0.2, 0.25) is 0 Å². The number of hydrogen-bond donors (Lipinski definition) is 0. The van der Waals surface area contributed by atoms with Crippen LogP contribution < -0.4 is 0 Å². The lowest BCUT2D eigenvalue weighted by Crippen LogP contribution is -1.83. The standard InChI is InChI=1S/C10H14N2/c1-12-8-6-10(9-12)5-3-2-4-7-11/h6,8-9H,2-5H2,1H3. The van der Waals surface area contributed by atoms with Gasteiger partial charge in [0.25, 0.3) is 0 Å². The molecule has 0 saturated carbocycles. The SMILES string of the molecule is Cn1ccc(CCCCC#N)c1. The van der Waals surface area contributed by atoms with Crippen LogP contribution in [0.15, 0.2) is 18.5 Å². The Labute approximate surface area is 73.4 Å². The first-order chi connectivity index (χ1) is 5.83. The number of nitriles is 1. The van der Waals surface area contributed by atoms with Crippen LogP contribution in [0.25, 0.3) is 0 Å². The average Bonchev–Trinajstić information content (AvgIpc) is 2.45. The molecule has 1 aromatic heterocycles. The molecule has 1 rings (SSSR count). The van der Waals surface area contributed by atoms with Gasteiger partial charge in [-0.3, -0.25) is 0 Å². The second-order valence-electron chi connectivity index (χ2n) is 3.05. The van der Waals surface area contributed by atoms with Crippen LogP contribution in [0.5, 0.6) is 0 Å². The largest absolute Gasteiger partial charge is 0.357 e. The van der Waals surface area contributed by atoms with E-state index >= 15 is 0 Å². The van der Waals surface area contributed by atoms with Crippen LogP contribution >= 0.6 is 0 Å². The molecular weight excluding hydrogens is 148 g/mol. The third kappa shape index (κ3) is 2.79. The van der Waals surface area contributed by atoms with E-state index in [0.29, 0.717) is 6.42 Å². The Morgan fingerprint density at radius 3 is 2.92 bits per heavy atom. The molecule has 64 valence electrons. The van der Waals surface area contributed by atoms with E-state index in [1.165, 1.54) is 5.56 Å². The van der Waals surface area contributed by atoms with Crippen molar-refractivity contribution in [3.63, 3.8) is 0 Å². The van der Waals surface area contributed by atoms with Crippen molar-refractivity contribution >= 4 is 0 Å². The lowest BCUT2D eigenvalue weighted by molar-refractivity contribution is 0.751. The third-order valence-corrected chi connectivity index (χ3v) is 1.90. The molecule has 0 aliphatic heterocycles. The highest BCUT2D eigenvalue weighted by molar-refractivity contribution is 5.09. The van der Waals surface area contributed by atoms with Crippen molar-refractivity contribution in [3.8, 4) is 6.07 Å². The summed E-state index contributed by atoms with van der Waals surface area (Å²) in [7, 11) is 2.03. The van der Waals surface area contributed by atoms with Crippen LogP contribution in [-0.2, 0) is 13.5 Å². The number of aromatic nitrogens is 1. The maximum absolute atomic E-state index is 8.31. The molecule has 0 saturated heterocycles. The second-order valence-corrected chi connectivity index (χ2v) is 3.05. The summed E-state index contributed by atoms with van der Waals surface area (Å²) >= 11 is 0. The molecule has 0 fully saturated rings. The van der Waals surface area contributed by atoms with Crippen molar-refractivity contribution in [2.24, 2.45) is 7.05 Å². The molecule has 0 bridgehead atoms. The summed E-state index contributed by atoms with van der Waals surface area (Å²) in [6, 6.07) is 4.29. The van der Waals surface area contributed by atoms with Crippen molar-refractivity contribution < 1.29 is 0 Å². The fraction of sp³-hybridized carbons (Fsp3) is 0.500. The van der Waals surface area contributed by atoms with Gasteiger partial charge >= 0.3 is 0 Å². The number of unbranched alkanes of at least 4 members (excludes halogenated alkanes) is 2. The third-order valence-electron chi connectivity index (χ3n) is 1.90. The quantitative estimate of drug-likeness (QED) is 0.624. The first-order valence-electron chi connectivity index (χ1n) is 4.31. The Morgan fingerprint density at radius 2 is 2.33 bits per heavy atom. The van der Waals surface area contributed by atoms with Crippen LogP contribution in [0, 0.1) is 11.3 Å². The summed E-state index contributed by atoms with van der Waals surface area (Å²) in [6.07, 6.45) is 8.12. The Balaban J connectivity index is 2.21. The molecule has 1 aromatic rings. The molecule has 0 radical (unpaired) electrons. The summed E-state index contributed by atoms with van der Waals surface area (Å²) in [5, 5.41) is 8.31. The highest BCUT2D eigenvalue weighted by Gasteiger charge is 1.93. The highest BCUT2D eigenvalue weighted by atomic mass is 14.9. The minimum atomic E-state index is 0.687. The maximum Gasteiger partial charge on any atom is 0.0621 e. The number of aryl methyl sites for hydroxylation is 2. The van der Waals surface area contributed by atoms with Gasteiger partial charge in [-0.05, 0) is 30.9 Å². The van der Waals surface area contributed by atoms with Crippen molar-refractivity contribution in [1.29, 1.82) is 5.26 Å². The predicted molar refractivity (Wildman–Crippen MR) is 48.6 cm³/mol. The van der Waals surface area contributed by atoms with E-state index in [0.717, 1.165) is 19.3 Å². The normalized spacial score (nSPS) is 9.67. The van der Waals surface area contributed by atoms with Gasteiger partial charge < -0.3 is 4.57 Å². The predicted octanol–water partition coefficient (Wildman–Crippen LogP) is 2.26. The van der Waals surface area contributed by atoms with Crippen molar-refractivity contribution in [2.45, 2.75) is 25.7 Å². The van der Waals surface area contributed by atoms with Gasteiger partial charge in [0.2, 0.25) is 0 Å². The Kier molecular flexibility index (Phi) is 3.40. The van der Waals surface area contributed by atoms with E-state index in [1.54, 1.807) is 0 Å². The lowest BCUT2D eigenvalue weighted by Gasteiger charge is -1.94. The molecule has 2 heteroatoms. The van der Waals surface area contributed by atoms with E-state index < -0.39 is 0 Å². The van der Waals surface area contributed by atoms with Crippen LogP contribution in [0.1, 0.15) is 24.8 Å². The highest BCUT2D eigenvalue weighted by Crippen LogP contribution is 2.06. The fourth-order valence-electron chi connectivity index (χ4n) is 1.24. The zero-order valence-corrected chi connectivity index (χ0v) is 7.45. The molecule has 0 aliphatic carbocycles. The molecule has 1 heterocycles. The monoisotopic (exact) mass is 162 g/mol. The van der Waals surface area contributed by atoms with Gasteiger partial charge in [-0.25, -0.2) is 0 Å². The van der Waals surface area contributed by atoms with Crippen molar-refractivity contribution in [2.75, 3.05) is 0 Å². The molecule has 0 atom stereocenters. The van der Waals surface area contributed by atoms with E-state index in [9.17, 15) is 0 Å². The van der Waals surface area contributed by atoms with E-state index in [-0.39, 0.29) is 0 Å². The first-order valence-corrected chi connectivity index (χ1v) is 4.31. The summed E-state index contributed by atoms with van der Waals surface area (Å²) in [6.45, 7) is 0. The summed E-state index contributed by atoms with van der Waals surface area (Å²) < 4.78 is 2.06. The molecule has 0 N–H and O–H groups in total. The van der Waals surface area contributed by atoms with E-state index in [2.05, 4.69) is 29.1 Å². The van der Waals surface area contributed by atoms with Crippen LogP contribution in [0.3, 0.4) is 0 Å². The molecule has 2 nitrogen and oxygen atoms in total. The average molecular weight is 162 g/mol. The van der Waals surface area contributed by atoms with Gasteiger partial charge in [-0.15, -0.1) is 0 Å². The number of rotatable bonds is 4. The van der Waals surface area contributed by atoms with E-state index in [1.807, 2.05) is 7.05 Å². The number of hydrogen-bond acceptors (Lipinski definition) is 1. The smallest absolute Gasteiger partial charge is 0.0621 e. The summed E-state index contributed by atoms with van der Waals surface area (Å²) in [5.74, 6) is 0. The molecule has 0 amide bonds. The topological polar surface area (TPSA) is 28.7 Å². The minimum absolute atomic E-state index is 0.687. The van der Waals surface area contributed by atoms with Gasteiger partial charge in [-0.1, -0.05) is 0 Å². The molecule has 0 aromatic carbocycles. The second kappa shape index (κ2) is 4.61. The van der Waals surface area contributed by atoms with Gasteiger partial charge in [0.05, 0.1) is 6.07 Å². The van der Waals surface area contributed by atoms with Gasteiger partial charge in [0.1, 0.15) is 0 Å². The van der Waals surface area contributed by atoms with Crippen LogP contribution in [0.4, 0.5) is 0 Å². The maximum atomic E-state index is 8.31. The van der Waals surface area contributed by atoms with Gasteiger partial charge in [0, 0.05) is 25.9 Å². The lowest BCUT2D eigenvalue weighted by atomic mass is 10.1. The van der Waals surface area contributed by atoms with Crippen molar-refractivity contribution in [3.05, 3.63) is 24.0 Å². The number of nitrogens with zero attached hydrogens (tertiary/aromatic N) is 2. The zero-order valence-electron chi connectivity index (χ0n) is 7.45. The molecule has 0 aliphatic rings. The molecular formula is C10H14N2. The molecule has 0 spiro atoms. The Hall–Kier alpha value is -1.23. The summed E-state index contributed by atoms with van der Waals surface area (Å²) in [5.41, 5.74) is 1.37. The first kappa shape index (κ1) is 8.86. The van der Waals surface area contributed by atoms with Crippen LogP contribution in [-0.4, -0.2) is 4.57 Å². The van der Waals surface area contributed by atoms with Gasteiger partial charge in [0.15, 0.2) is 0 Å². The van der Waals surface area contributed by atoms with E-state index in [4.69, 9.17) is 5.26 Å². The van der Waals surface area contributed by atoms with Gasteiger partial charge in [-0.2, -0.15) is 5.26 Å². The molecule has 0 unspecified atom stereocenters. The Morgan fingerprint density at radius 1 is 1.50 bits per heavy atom. The fourth-order valence-corrected chi connectivity index (χ4v) is 1.24.